The van der Waals surface area contributed by atoms with Crippen molar-refractivity contribution in [1.82, 2.24) is 0 Å². The highest BCUT2D eigenvalue weighted by Gasteiger charge is 2.22. The maximum atomic E-state index is 12.7. The maximum absolute atomic E-state index is 12.7. The summed E-state index contributed by atoms with van der Waals surface area (Å²) in [4.78, 5) is 14.0. The summed E-state index contributed by atoms with van der Waals surface area (Å²) in [6.07, 6.45) is 2.03. The minimum absolute atomic E-state index is 0.107. The van der Waals surface area contributed by atoms with Gasteiger partial charge in [-0.25, -0.2) is 13.2 Å². The van der Waals surface area contributed by atoms with Gasteiger partial charge in [-0.15, -0.1) is 0 Å². The second kappa shape index (κ2) is 7.83. The van der Waals surface area contributed by atoms with Gasteiger partial charge >= 0.3 is 5.97 Å². The van der Waals surface area contributed by atoms with Crippen LogP contribution >= 0.6 is 0 Å². The van der Waals surface area contributed by atoms with Gasteiger partial charge in [0.25, 0.3) is 10.0 Å². The predicted octanol–water partition coefficient (Wildman–Crippen LogP) is 4.04. The molecule has 2 aromatic carbocycles. The number of hydrogen-bond donors (Lipinski definition) is 2. The van der Waals surface area contributed by atoms with Crippen LogP contribution in [0.15, 0.2) is 41.3 Å². The van der Waals surface area contributed by atoms with Gasteiger partial charge in [0, 0.05) is 18.8 Å². The molecule has 2 N–H and O–H groups in total. The summed E-state index contributed by atoms with van der Waals surface area (Å²) in [5.41, 5.74) is 2.68. The van der Waals surface area contributed by atoms with Crippen molar-refractivity contribution in [2.75, 3.05) is 22.7 Å². The number of carboxylic acid groups (broad SMARTS) is 1. The van der Waals surface area contributed by atoms with Crippen molar-refractivity contribution in [3.63, 3.8) is 0 Å². The van der Waals surface area contributed by atoms with Crippen LogP contribution < -0.4 is 9.62 Å². The van der Waals surface area contributed by atoms with E-state index in [4.69, 9.17) is 0 Å². The first-order valence-electron chi connectivity index (χ1n) is 9.39. The quantitative estimate of drug-likeness (QED) is 0.788. The number of piperidine rings is 1. The standard InChI is InChI=1S/C21H26N2O4S/c1-14-6-8-23(9-7-14)20-5-4-17(13-19(20)21(24)25)22-28(26,27)18-11-15(2)10-16(3)12-18/h4-5,10-14,22H,6-9H2,1-3H3,(H,24,25). The summed E-state index contributed by atoms with van der Waals surface area (Å²) in [6, 6.07) is 9.80. The second-order valence-corrected chi connectivity index (χ2v) is 9.32. The zero-order valence-electron chi connectivity index (χ0n) is 16.4. The molecule has 7 heteroatoms. The normalized spacial score (nSPS) is 15.5. The van der Waals surface area contributed by atoms with Crippen LogP contribution in [0.4, 0.5) is 11.4 Å². The van der Waals surface area contributed by atoms with Crippen molar-refractivity contribution in [1.29, 1.82) is 0 Å². The molecule has 0 aliphatic carbocycles. The average molecular weight is 403 g/mol. The summed E-state index contributed by atoms with van der Waals surface area (Å²) in [7, 11) is -3.80. The van der Waals surface area contributed by atoms with E-state index in [0.717, 1.165) is 37.1 Å². The molecule has 1 fully saturated rings. The number of hydrogen-bond acceptors (Lipinski definition) is 4. The summed E-state index contributed by atoms with van der Waals surface area (Å²) in [5.74, 6) is -0.436. The molecule has 1 aliphatic rings. The molecular formula is C21H26N2O4S. The Balaban J connectivity index is 1.90. The van der Waals surface area contributed by atoms with Crippen molar-refractivity contribution in [3.05, 3.63) is 53.1 Å². The van der Waals surface area contributed by atoms with Crippen LogP contribution in [-0.4, -0.2) is 32.6 Å². The topological polar surface area (TPSA) is 86.7 Å². The summed E-state index contributed by atoms with van der Waals surface area (Å²) < 4.78 is 28.0. The number of aromatic carboxylic acids is 1. The van der Waals surface area contributed by atoms with Crippen LogP contribution in [-0.2, 0) is 10.0 Å². The zero-order valence-corrected chi connectivity index (χ0v) is 17.2. The van der Waals surface area contributed by atoms with E-state index < -0.39 is 16.0 Å². The van der Waals surface area contributed by atoms with E-state index in [2.05, 4.69) is 16.5 Å². The lowest BCUT2D eigenvalue weighted by Gasteiger charge is -2.33. The SMILES string of the molecule is Cc1cc(C)cc(S(=O)(=O)Nc2ccc(N3CCC(C)CC3)c(C(=O)O)c2)c1. The highest BCUT2D eigenvalue weighted by molar-refractivity contribution is 7.92. The molecule has 2 aromatic rings. The van der Waals surface area contributed by atoms with Crippen LogP contribution in [0.2, 0.25) is 0 Å². The van der Waals surface area contributed by atoms with Crippen LogP contribution in [0.1, 0.15) is 41.3 Å². The van der Waals surface area contributed by atoms with E-state index in [1.165, 1.54) is 6.07 Å². The summed E-state index contributed by atoms with van der Waals surface area (Å²) >= 11 is 0. The lowest BCUT2D eigenvalue weighted by atomic mass is 9.98. The molecule has 0 radical (unpaired) electrons. The molecule has 0 aromatic heterocycles. The van der Waals surface area contributed by atoms with Gasteiger partial charge in [0.1, 0.15) is 0 Å². The number of anilines is 2. The smallest absolute Gasteiger partial charge is 0.337 e. The molecule has 1 aliphatic heterocycles. The van der Waals surface area contributed by atoms with Gasteiger partial charge < -0.3 is 10.0 Å². The lowest BCUT2D eigenvalue weighted by molar-refractivity contribution is 0.0697. The van der Waals surface area contributed by atoms with Crippen molar-refractivity contribution in [2.45, 2.75) is 38.5 Å². The first-order valence-corrected chi connectivity index (χ1v) is 10.9. The van der Waals surface area contributed by atoms with E-state index >= 15 is 0 Å². The van der Waals surface area contributed by atoms with Crippen molar-refractivity contribution < 1.29 is 18.3 Å². The Morgan fingerprint density at radius 3 is 2.25 bits per heavy atom. The monoisotopic (exact) mass is 402 g/mol. The highest BCUT2D eigenvalue weighted by atomic mass is 32.2. The van der Waals surface area contributed by atoms with Crippen molar-refractivity contribution in [2.24, 2.45) is 5.92 Å². The van der Waals surface area contributed by atoms with Gasteiger partial charge in [0.05, 0.1) is 16.1 Å². The van der Waals surface area contributed by atoms with E-state index in [1.54, 1.807) is 24.3 Å². The van der Waals surface area contributed by atoms with Crippen LogP contribution in [0, 0.1) is 19.8 Å². The molecule has 0 bridgehead atoms. The van der Waals surface area contributed by atoms with Gasteiger partial charge in [-0.3, -0.25) is 4.72 Å². The van der Waals surface area contributed by atoms with E-state index in [1.807, 2.05) is 19.9 Å². The molecule has 150 valence electrons. The van der Waals surface area contributed by atoms with Crippen LogP contribution in [0.3, 0.4) is 0 Å². The van der Waals surface area contributed by atoms with Gasteiger partial charge in [-0.05, 0) is 74.1 Å². The summed E-state index contributed by atoms with van der Waals surface area (Å²) in [5, 5.41) is 9.66. The highest BCUT2D eigenvalue weighted by Crippen LogP contribution is 2.29. The number of nitrogens with zero attached hydrogens (tertiary/aromatic N) is 1. The molecule has 0 saturated carbocycles. The average Bonchev–Trinajstić information content (AvgIpc) is 2.61. The first-order chi connectivity index (χ1) is 13.2. The van der Waals surface area contributed by atoms with Crippen molar-refractivity contribution >= 4 is 27.4 Å². The Morgan fingerprint density at radius 2 is 1.68 bits per heavy atom. The van der Waals surface area contributed by atoms with E-state index in [0.29, 0.717) is 11.6 Å². The molecule has 0 spiro atoms. The third-order valence-corrected chi connectivity index (χ3v) is 6.47. The Morgan fingerprint density at radius 1 is 1.07 bits per heavy atom. The minimum Gasteiger partial charge on any atom is -0.478 e. The zero-order chi connectivity index (χ0) is 20.5. The van der Waals surface area contributed by atoms with Crippen LogP contribution in [0.5, 0.6) is 0 Å². The fraction of sp³-hybridized carbons (Fsp3) is 0.381. The van der Waals surface area contributed by atoms with E-state index in [-0.39, 0.29) is 16.1 Å². The first kappa shape index (κ1) is 20.2. The molecule has 1 saturated heterocycles. The fourth-order valence-electron chi connectivity index (χ4n) is 3.60. The Hall–Kier alpha value is -2.54. The number of rotatable bonds is 5. The number of carboxylic acids is 1. The molecule has 0 unspecified atom stereocenters. The number of aryl methyl sites for hydroxylation is 2. The second-order valence-electron chi connectivity index (χ2n) is 7.64. The number of nitrogens with one attached hydrogen (secondary N) is 1. The molecule has 0 amide bonds. The maximum Gasteiger partial charge on any atom is 0.337 e. The number of carbonyl (C=O) groups is 1. The predicted molar refractivity (Wildman–Crippen MR) is 111 cm³/mol. The molecule has 0 atom stereocenters. The third kappa shape index (κ3) is 4.47. The van der Waals surface area contributed by atoms with Gasteiger partial charge in [0.15, 0.2) is 0 Å². The van der Waals surface area contributed by atoms with Gasteiger partial charge in [-0.1, -0.05) is 13.0 Å². The number of benzene rings is 2. The summed E-state index contributed by atoms with van der Waals surface area (Å²) in [6.45, 7) is 7.47. The molecular weight excluding hydrogens is 376 g/mol. The largest absolute Gasteiger partial charge is 0.478 e. The Bertz CT molecular complexity index is 973. The van der Waals surface area contributed by atoms with E-state index in [9.17, 15) is 18.3 Å². The molecule has 3 rings (SSSR count). The molecule has 6 nitrogen and oxygen atoms in total. The Labute approximate surface area is 166 Å². The van der Waals surface area contributed by atoms with Crippen LogP contribution in [0.25, 0.3) is 0 Å². The molecule has 28 heavy (non-hydrogen) atoms. The lowest BCUT2D eigenvalue weighted by Crippen LogP contribution is -2.33. The fourth-order valence-corrected chi connectivity index (χ4v) is 4.84. The minimum atomic E-state index is -3.80. The van der Waals surface area contributed by atoms with Gasteiger partial charge in [0.2, 0.25) is 0 Å². The van der Waals surface area contributed by atoms with Crippen molar-refractivity contribution in [3.8, 4) is 0 Å². The number of sulfonamides is 1. The Kier molecular flexibility index (Phi) is 5.65. The third-order valence-electron chi connectivity index (χ3n) is 5.11. The van der Waals surface area contributed by atoms with Gasteiger partial charge in [-0.2, -0.15) is 0 Å². The molecule has 1 heterocycles.